The molecule has 6 nitrogen and oxygen atoms in total. The summed E-state index contributed by atoms with van der Waals surface area (Å²) in [6, 6.07) is 1.91. The number of furan rings is 1. The molecule has 2 aromatic rings. The molecule has 1 saturated heterocycles. The largest absolute Gasteiger partial charge is 0.449 e. The number of carbonyl (C=O) groups excluding carboxylic acids is 1. The van der Waals surface area contributed by atoms with E-state index in [-0.39, 0.29) is 22.6 Å². The van der Waals surface area contributed by atoms with Crippen molar-refractivity contribution in [3.05, 3.63) is 28.5 Å². The molecular formula is C23H32N2O4S. The average Bonchev–Trinajstić information content (AvgIpc) is 3.20. The van der Waals surface area contributed by atoms with Crippen molar-refractivity contribution in [1.82, 2.24) is 9.62 Å². The van der Waals surface area contributed by atoms with Crippen LogP contribution >= 0.6 is 0 Å². The molecule has 2 aliphatic rings. The lowest BCUT2D eigenvalue weighted by atomic mass is 10.0. The number of fused-ring (bicyclic) bond motifs is 1. The van der Waals surface area contributed by atoms with E-state index < -0.39 is 10.0 Å². The van der Waals surface area contributed by atoms with Gasteiger partial charge >= 0.3 is 0 Å². The van der Waals surface area contributed by atoms with Crippen LogP contribution in [0.1, 0.15) is 78.6 Å². The summed E-state index contributed by atoms with van der Waals surface area (Å²) < 4.78 is 35.6. The first-order valence-corrected chi connectivity index (χ1v) is 12.6. The number of aryl methyl sites for hydroxylation is 2. The van der Waals surface area contributed by atoms with Crippen LogP contribution in [0, 0.1) is 20.8 Å². The molecule has 30 heavy (non-hydrogen) atoms. The summed E-state index contributed by atoms with van der Waals surface area (Å²) in [6.07, 6.45) is 8.08. The Morgan fingerprint density at radius 1 is 1.00 bits per heavy atom. The topological polar surface area (TPSA) is 79.6 Å². The minimum absolute atomic E-state index is 0.0285. The number of hydrogen-bond donors (Lipinski definition) is 1. The fourth-order valence-electron chi connectivity index (χ4n) is 4.81. The van der Waals surface area contributed by atoms with E-state index in [9.17, 15) is 13.2 Å². The van der Waals surface area contributed by atoms with E-state index in [2.05, 4.69) is 4.72 Å². The second-order valence-electron chi connectivity index (χ2n) is 8.89. The van der Waals surface area contributed by atoms with Gasteiger partial charge in [0, 0.05) is 30.1 Å². The van der Waals surface area contributed by atoms with Gasteiger partial charge in [-0.15, -0.1) is 0 Å². The van der Waals surface area contributed by atoms with Gasteiger partial charge < -0.3 is 9.32 Å². The molecule has 4 rings (SSSR count). The van der Waals surface area contributed by atoms with Crippen molar-refractivity contribution < 1.29 is 17.6 Å². The van der Waals surface area contributed by atoms with Crippen LogP contribution in [-0.4, -0.2) is 38.4 Å². The van der Waals surface area contributed by atoms with Crippen molar-refractivity contribution >= 4 is 26.9 Å². The summed E-state index contributed by atoms with van der Waals surface area (Å²) in [6.45, 7) is 7.02. The molecule has 0 radical (unpaired) electrons. The van der Waals surface area contributed by atoms with E-state index in [4.69, 9.17) is 4.42 Å². The summed E-state index contributed by atoms with van der Waals surface area (Å²) >= 11 is 0. The molecule has 0 bridgehead atoms. The van der Waals surface area contributed by atoms with Gasteiger partial charge in [0.05, 0.1) is 0 Å². The Morgan fingerprint density at radius 2 is 1.63 bits per heavy atom. The molecule has 1 amide bonds. The molecule has 1 aromatic heterocycles. The third-order valence-electron chi connectivity index (χ3n) is 6.73. The van der Waals surface area contributed by atoms with Crippen molar-refractivity contribution in [1.29, 1.82) is 0 Å². The fourth-order valence-corrected chi connectivity index (χ4v) is 6.56. The molecule has 1 aliphatic carbocycles. The van der Waals surface area contributed by atoms with Crippen LogP contribution in [0.15, 0.2) is 15.4 Å². The molecule has 1 saturated carbocycles. The van der Waals surface area contributed by atoms with Crippen LogP contribution < -0.4 is 4.72 Å². The van der Waals surface area contributed by atoms with Crippen LogP contribution in [0.25, 0.3) is 11.0 Å². The smallest absolute Gasteiger partial charge is 0.289 e. The minimum atomic E-state index is -3.75. The molecule has 0 unspecified atom stereocenters. The molecule has 0 atom stereocenters. The Hall–Kier alpha value is -1.86. The van der Waals surface area contributed by atoms with Crippen molar-refractivity contribution in [2.24, 2.45) is 0 Å². The summed E-state index contributed by atoms with van der Waals surface area (Å²) in [7, 11) is -3.75. The van der Waals surface area contributed by atoms with Crippen molar-refractivity contribution in [3.8, 4) is 0 Å². The van der Waals surface area contributed by atoms with Gasteiger partial charge in [0.25, 0.3) is 5.91 Å². The second-order valence-corrected chi connectivity index (χ2v) is 10.5. The van der Waals surface area contributed by atoms with Gasteiger partial charge in [0.1, 0.15) is 4.90 Å². The number of likely N-dealkylation sites (tertiary alicyclic amines) is 1. The van der Waals surface area contributed by atoms with Gasteiger partial charge in [-0.1, -0.05) is 25.7 Å². The van der Waals surface area contributed by atoms with Gasteiger partial charge in [0.2, 0.25) is 10.0 Å². The van der Waals surface area contributed by atoms with E-state index >= 15 is 0 Å². The number of hydrogen-bond acceptors (Lipinski definition) is 4. The Balaban J connectivity index is 1.80. The molecule has 164 valence electrons. The summed E-state index contributed by atoms with van der Waals surface area (Å²) in [5.41, 5.74) is 2.58. The number of sulfonamides is 1. The maximum absolute atomic E-state index is 13.3. The monoisotopic (exact) mass is 432 g/mol. The van der Waals surface area contributed by atoms with Crippen molar-refractivity contribution in [3.63, 3.8) is 0 Å². The third-order valence-corrected chi connectivity index (χ3v) is 8.40. The Kier molecular flexibility index (Phi) is 5.95. The zero-order valence-corrected chi connectivity index (χ0v) is 19.0. The zero-order valence-electron chi connectivity index (χ0n) is 18.2. The summed E-state index contributed by atoms with van der Waals surface area (Å²) in [4.78, 5) is 15.3. The highest BCUT2D eigenvalue weighted by Gasteiger charge is 2.31. The zero-order chi connectivity index (χ0) is 21.5. The fraction of sp³-hybridized carbons (Fsp3) is 0.609. The normalized spacial score (nSPS) is 18.8. The predicted octanol–water partition coefficient (Wildman–Crippen LogP) is 4.60. The number of carbonyl (C=O) groups is 1. The van der Waals surface area contributed by atoms with E-state index in [0.29, 0.717) is 16.5 Å². The highest BCUT2D eigenvalue weighted by molar-refractivity contribution is 7.89. The SMILES string of the molecule is Cc1cc2c(C)c(C(=O)N3CCCCCC3)oc2c(S(=O)(=O)NC2CCCC2)c1C. The van der Waals surface area contributed by atoms with E-state index in [1.165, 1.54) is 0 Å². The summed E-state index contributed by atoms with van der Waals surface area (Å²) in [5.74, 6) is 0.141. The molecule has 1 aliphatic heterocycles. The second kappa shape index (κ2) is 8.35. The van der Waals surface area contributed by atoms with Crippen LogP contribution in [0.2, 0.25) is 0 Å². The number of nitrogens with zero attached hydrogens (tertiary/aromatic N) is 1. The first-order chi connectivity index (χ1) is 14.3. The highest BCUT2D eigenvalue weighted by atomic mass is 32.2. The van der Waals surface area contributed by atoms with Gasteiger partial charge in [-0.25, -0.2) is 13.1 Å². The van der Waals surface area contributed by atoms with Gasteiger partial charge in [-0.3, -0.25) is 4.79 Å². The number of amides is 1. The Labute approximate surface area is 179 Å². The predicted molar refractivity (Wildman–Crippen MR) is 117 cm³/mol. The number of benzene rings is 1. The summed E-state index contributed by atoms with van der Waals surface area (Å²) in [5, 5.41) is 0.711. The lowest BCUT2D eigenvalue weighted by Gasteiger charge is -2.19. The standard InChI is InChI=1S/C23H32N2O4S/c1-15-14-19-17(3)20(23(26)25-12-8-4-5-9-13-25)29-21(19)22(16(15)2)30(27,28)24-18-10-6-7-11-18/h14,18,24H,4-13H2,1-3H3. The molecule has 2 fully saturated rings. The maximum Gasteiger partial charge on any atom is 0.289 e. The molecule has 1 N–H and O–H groups in total. The molecule has 2 heterocycles. The number of rotatable bonds is 4. The van der Waals surface area contributed by atoms with Crippen molar-refractivity contribution in [2.45, 2.75) is 83.1 Å². The molecule has 1 aromatic carbocycles. The van der Waals surface area contributed by atoms with E-state index in [1.807, 2.05) is 31.7 Å². The quantitative estimate of drug-likeness (QED) is 0.766. The Morgan fingerprint density at radius 3 is 2.27 bits per heavy atom. The molecular weight excluding hydrogens is 400 g/mol. The van der Waals surface area contributed by atoms with Gasteiger partial charge in [-0.05, 0) is 63.6 Å². The van der Waals surface area contributed by atoms with Crippen LogP contribution in [-0.2, 0) is 10.0 Å². The molecule has 7 heteroatoms. The number of nitrogens with one attached hydrogen (secondary N) is 1. The lowest BCUT2D eigenvalue weighted by Crippen LogP contribution is -2.33. The molecule has 0 spiro atoms. The van der Waals surface area contributed by atoms with Crippen LogP contribution in [0.5, 0.6) is 0 Å². The van der Waals surface area contributed by atoms with Crippen LogP contribution in [0.3, 0.4) is 0 Å². The third kappa shape index (κ3) is 3.89. The maximum atomic E-state index is 13.3. The average molecular weight is 433 g/mol. The highest BCUT2D eigenvalue weighted by Crippen LogP contribution is 2.36. The van der Waals surface area contributed by atoms with Gasteiger partial charge in [-0.2, -0.15) is 0 Å². The first kappa shape index (κ1) is 21.4. The lowest BCUT2D eigenvalue weighted by molar-refractivity contribution is 0.0731. The van der Waals surface area contributed by atoms with E-state index in [1.54, 1.807) is 0 Å². The van der Waals surface area contributed by atoms with Gasteiger partial charge in [0.15, 0.2) is 11.3 Å². The van der Waals surface area contributed by atoms with Crippen LogP contribution in [0.4, 0.5) is 0 Å². The first-order valence-electron chi connectivity index (χ1n) is 11.1. The Bertz CT molecular complexity index is 1060. The van der Waals surface area contributed by atoms with Crippen molar-refractivity contribution in [2.75, 3.05) is 13.1 Å². The van der Waals surface area contributed by atoms with E-state index in [0.717, 1.165) is 75.6 Å². The minimum Gasteiger partial charge on any atom is -0.449 e.